The van der Waals surface area contributed by atoms with Crippen molar-refractivity contribution in [1.82, 2.24) is 4.98 Å². The summed E-state index contributed by atoms with van der Waals surface area (Å²) in [6, 6.07) is 0. The molecule has 1 heterocycles. The number of aromatic carboxylic acids is 1. The molecular weight excluding hydrogens is 294 g/mol. The van der Waals surface area contributed by atoms with Gasteiger partial charge in [-0.2, -0.15) is 0 Å². The third kappa shape index (κ3) is 3.51. The summed E-state index contributed by atoms with van der Waals surface area (Å²) in [7, 11) is 2.41. The summed E-state index contributed by atoms with van der Waals surface area (Å²) in [5.41, 5.74) is 0.202. The maximum atomic E-state index is 11.7. The molecule has 8 heteroatoms. The Hall–Kier alpha value is -2.64. The van der Waals surface area contributed by atoms with Gasteiger partial charge in [-0.1, -0.05) is 0 Å². The standard InChI is InChI=1S/C14H17NO7/c1-7(14(20)22-3)11-8(4-5-10(17)21-2)12(13(18)19)15-9(11)6-16/h6-7,15H,4-5H2,1-3H3,(H,18,19). The number of methoxy groups -OCH3 is 2. The second kappa shape index (κ2) is 7.39. The molecule has 120 valence electrons. The van der Waals surface area contributed by atoms with Gasteiger partial charge in [0, 0.05) is 6.42 Å². The number of carbonyl (C=O) groups is 4. The average Bonchev–Trinajstić information content (AvgIpc) is 2.89. The van der Waals surface area contributed by atoms with Gasteiger partial charge >= 0.3 is 17.9 Å². The molecule has 0 aliphatic carbocycles. The summed E-state index contributed by atoms with van der Waals surface area (Å²) in [4.78, 5) is 47.9. The van der Waals surface area contributed by atoms with E-state index in [2.05, 4.69) is 14.5 Å². The third-order valence-corrected chi connectivity index (χ3v) is 3.30. The molecule has 0 aromatic carbocycles. The monoisotopic (exact) mass is 311 g/mol. The van der Waals surface area contributed by atoms with E-state index in [1.54, 1.807) is 0 Å². The van der Waals surface area contributed by atoms with E-state index in [0.29, 0.717) is 6.29 Å². The highest BCUT2D eigenvalue weighted by Gasteiger charge is 2.29. The molecule has 2 N–H and O–H groups in total. The molecule has 1 rings (SSSR count). The molecule has 0 radical (unpaired) electrons. The molecule has 1 unspecified atom stereocenters. The van der Waals surface area contributed by atoms with E-state index in [1.165, 1.54) is 21.1 Å². The van der Waals surface area contributed by atoms with Gasteiger partial charge in [-0.25, -0.2) is 4.79 Å². The number of esters is 2. The number of aromatic amines is 1. The fraction of sp³-hybridized carbons (Fsp3) is 0.429. The molecule has 1 atom stereocenters. The zero-order valence-electron chi connectivity index (χ0n) is 12.5. The highest BCUT2D eigenvalue weighted by Crippen LogP contribution is 2.29. The summed E-state index contributed by atoms with van der Waals surface area (Å²) in [6.07, 6.45) is 0.381. The minimum atomic E-state index is -1.29. The first kappa shape index (κ1) is 17.4. The summed E-state index contributed by atoms with van der Waals surface area (Å²) < 4.78 is 9.15. The van der Waals surface area contributed by atoms with Crippen molar-refractivity contribution in [3.63, 3.8) is 0 Å². The predicted molar refractivity (Wildman–Crippen MR) is 73.9 cm³/mol. The topological polar surface area (TPSA) is 123 Å². The van der Waals surface area contributed by atoms with Gasteiger partial charge in [-0.3, -0.25) is 14.4 Å². The SMILES string of the molecule is COC(=O)CCc1c(C(=O)O)[nH]c(C=O)c1C(C)C(=O)OC. The van der Waals surface area contributed by atoms with E-state index in [1.807, 2.05) is 0 Å². The number of carbonyl (C=O) groups excluding carboxylic acids is 3. The van der Waals surface area contributed by atoms with Crippen LogP contribution in [0.4, 0.5) is 0 Å². The Bertz CT molecular complexity index is 603. The normalized spacial score (nSPS) is 11.6. The first-order valence-corrected chi connectivity index (χ1v) is 6.45. The van der Waals surface area contributed by atoms with Crippen molar-refractivity contribution < 1.29 is 33.8 Å². The lowest BCUT2D eigenvalue weighted by Crippen LogP contribution is -2.15. The zero-order valence-corrected chi connectivity index (χ0v) is 12.5. The minimum Gasteiger partial charge on any atom is -0.477 e. The lowest BCUT2D eigenvalue weighted by molar-refractivity contribution is -0.142. The van der Waals surface area contributed by atoms with Crippen LogP contribution in [0.1, 0.15) is 51.4 Å². The van der Waals surface area contributed by atoms with Crippen molar-refractivity contribution in [3.05, 3.63) is 22.5 Å². The number of carboxylic acids is 1. The van der Waals surface area contributed by atoms with Gasteiger partial charge in [-0.15, -0.1) is 0 Å². The van der Waals surface area contributed by atoms with E-state index in [4.69, 9.17) is 0 Å². The Labute approximate surface area is 126 Å². The molecule has 0 aliphatic rings. The zero-order chi connectivity index (χ0) is 16.9. The number of aromatic nitrogens is 1. The van der Waals surface area contributed by atoms with Crippen LogP contribution in [0.3, 0.4) is 0 Å². The molecule has 8 nitrogen and oxygen atoms in total. The number of hydrogen-bond acceptors (Lipinski definition) is 6. The lowest BCUT2D eigenvalue weighted by atomic mass is 9.93. The number of ether oxygens (including phenoxy) is 2. The van der Waals surface area contributed by atoms with E-state index in [9.17, 15) is 24.3 Å². The first-order valence-electron chi connectivity index (χ1n) is 6.45. The Morgan fingerprint density at radius 2 is 1.91 bits per heavy atom. The van der Waals surface area contributed by atoms with Crippen molar-refractivity contribution in [2.75, 3.05) is 14.2 Å². The van der Waals surface area contributed by atoms with E-state index < -0.39 is 23.8 Å². The summed E-state index contributed by atoms with van der Waals surface area (Å²) in [5, 5.41) is 9.22. The van der Waals surface area contributed by atoms with Gasteiger partial charge in [0.1, 0.15) is 5.69 Å². The van der Waals surface area contributed by atoms with Gasteiger partial charge in [-0.05, 0) is 24.5 Å². The number of hydrogen-bond donors (Lipinski definition) is 2. The Kier molecular flexibility index (Phi) is 5.85. The van der Waals surface area contributed by atoms with Crippen molar-refractivity contribution in [2.24, 2.45) is 0 Å². The van der Waals surface area contributed by atoms with Crippen molar-refractivity contribution in [3.8, 4) is 0 Å². The van der Waals surface area contributed by atoms with Gasteiger partial charge < -0.3 is 19.6 Å². The van der Waals surface area contributed by atoms with Crippen LogP contribution in [0.25, 0.3) is 0 Å². The van der Waals surface area contributed by atoms with Crippen LogP contribution in [-0.4, -0.2) is 48.5 Å². The maximum absolute atomic E-state index is 11.7. The van der Waals surface area contributed by atoms with Gasteiger partial charge in [0.15, 0.2) is 6.29 Å². The quantitative estimate of drug-likeness (QED) is 0.566. The highest BCUT2D eigenvalue weighted by atomic mass is 16.5. The number of aldehydes is 1. The van der Waals surface area contributed by atoms with E-state index in [0.717, 1.165) is 0 Å². The summed E-state index contributed by atoms with van der Waals surface area (Å²) >= 11 is 0. The maximum Gasteiger partial charge on any atom is 0.352 e. The second-order valence-corrected chi connectivity index (χ2v) is 4.55. The number of carboxylic acid groups (broad SMARTS) is 1. The highest BCUT2D eigenvalue weighted by molar-refractivity contribution is 5.93. The molecule has 1 aromatic heterocycles. The molecule has 22 heavy (non-hydrogen) atoms. The van der Waals surface area contributed by atoms with Crippen molar-refractivity contribution in [2.45, 2.75) is 25.7 Å². The second-order valence-electron chi connectivity index (χ2n) is 4.55. The molecule has 0 bridgehead atoms. The van der Waals surface area contributed by atoms with Crippen molar-refractivity contribution in [1.29, 1.82) is 0 Å². The Morgan fingerprint density at radius 3 is 2.36 bits per heavy atom. The molecule has 0 fully saturated rings. The largest absolute Gasteiger partial charge is 0.477 e. The third-order valence-electron chi connectivity index (χ3n) is 3.30. The number of nitrogens with one attached hydrogen (secondary N) is 1. The van der Waals surface area contributed by atoms with Crippen molar-refractivity contribution >= 4 is 24.2 Å². The fourth-order valence-electron chi connectivity index (χ4n) is 2.23. The lowest BCUT2D eigenvalue weighted by Gasteiger charge is -2.12. The minimum absolute atomic E-state index is 0.0184. The van der Waals surface area contributed by atoms with Crippen LogP contribution in [0.15, 0.2) is 0 Å². The molecule has 0 saturated heterocycles. The van der Waals surface area contributed by atoms with Gasteiger partial charge in [0.25, 0.3) is 0 Å². The number of H-pyrrole nitrogens is 1. The molecular formula is C14H17NO7. The molecule has 0 saturated carbocycles. The molecule has 0 spiro atoms. The van der Waals surface area contributed by atoms with E-state index in [-0.39, 0.29) is 35.4 Å². The molecule has 1 aromatic rings. The predicted octanol–water partition coefficient (Wildman–Crippen LogP) is 0.907. The van der Waals surface area contributed by atoms with Crippen LogP contribution in [0.2, 0.25) is 0 Å². The van der Waals surface area contributed by atoms with Crippen LogP contribution in [0.5, 0.6) is 0 Å². The summed E-state index contributed by atoms with van der Waals surface area (Å²) in [6.45, 7) is 1.50. The van der Waals surface area contributed by atoms with Gasteiger partial charge in [0.2, 0.25) is 0 Å². The molecule has 0 aliphatic heterocycles. The summed E-state index contributed by atoms with van der Waals surface area (Å²) in [5.74, 6) is -3.27. The Morgan fingerprint density at radius 1 is 1.27 bits per heavy atom. The van der Waals surface area contributed by atoms with Crippen LogP contribution >= 0.6 is 0 Å². The van der Waals surface area contributed by atoms with Crippen LogP contribution < -0.4 is 0 Å². The van der Waals surface area contributed by atoms with Crippen LogP contribution in [-0.2, 0) is 25.5 Å². The van der Waals surface area contributed by atoms with E-state index >= 15 is 0 Å². The fourth-order valence-corrected chi connectivity index (χ4v) is 2.23. The smallest absolute Gasteiger partial charge is 0.352 e. The van der Waals surface area contributed by atoms with Crippen LogP contribution in [0, 0.1) is 0 Å². The first-order chi connectivity index (χ1) is 10.4. The Balaban J connectivity index is 3.37. The number of rotatable bonds is 7. The molecule has 0 amide bonds. The van der Waals surface area contributed by atoms with Gasteiger partial charge in [0.05, 0.1) is 25.8 Å². The average molecular weight is 311 g/mol.